The van der Waals surface area contributed by atoms with Crippen LogP contribution in [0.5, 0.6) is 5.75 Å². The maximum atomic E-state index is 13.2. The molecule has 0 radical (unpaired) electrons. The van der Waals surface area contributed by atoms with Gasteiger partial charge in [-0.1, -0.05) is 53.2 Å². The van der Waals surface area contributed by atoms with Gasteiger partial charge < -0.3 is 19.7 Å². The minimum Gasteiger partial charge on any atom is -0.496 e. The Bertz CT molecular complexity index is 1230. The van der Waals surface area contributed by atoms with E-state index >= 15 is 0 Å². The molecule has 2 aliphatic heterocycles. The van der Waals surface area contributed by atoms with Crippen molar-refractivity contribution in [2.24, 2.45) is 5.92 Å². The standard InChI is InChI=1S/C27H31N5O4/c1-18-7-9-19(10-8-18)24-16-32-22(17-36-24)25(29-30-32)27(34)31-13-11-20(12-14-31)26(33)28-15-21-5-3-4-6-23(21)35-2/h3-10,20,24H,11-17H2,1-2H3,(H,28,33). The zero-order valence-corrected chi connectivity index (χ0v) is 20.6. The third-order valence-corrected chi connectivity index (χ3v) is 7.05. The summed E-state index contributed by atoms with van der Waals surface area (Å²) in [5.41, 5.74) is 4.27. The second-order valence-electron chi connectivity index (χ2n) is 9.37. The van der Waals surface area contributed by atoms with Gasteiger partial charge >= 0.3 is 0 Å². The van der Waals surface area contributed by atoms with E-state index in [4.69, 9.17) is 9.47 Å². The topological polar surface area (TPSA) is 98.6 Å². The molecular formula is C27H31N5O4. The van der Waals surface area contributed by atoms with Crippen molar-refractivity contribution in [1.82, 2.24) is 25.2 Å². The molecule has 36 heavy (non-hydrogen) atoms. The van der Waals surface area contributed by atoms with Gasteiger partial charge in [0.05, 0.1) is 26.0 Å². The summed E-state index contributed by atoms with van der Waals surface area (Å²) >= 11 is 0. The lowest BCUT2D eigenvalue weighted by molar-refractivity contribution is -0.126. The quantitative estimate of drug-likeness (QED) is 0.572. The largest absolute Gasteiger partial charge is 0.496 e. The van der Waals surface area contributed by atoms with Crippen molar-refractivity contribution >= 4 is 11.8 Å². The number of nitrogens with zero attached hydrogens (tertiary/aromatic N) is 4. The number of fused-ring (bicyclic) bond motifs is 1. The molecule has 188 valence electrons. The van der Waals surface area contributed by atoms with Gasteiger partial charge in [0.15, 0.2) is 5.69 Å². The number of carbonyl (C=O) groups excluding carboxylic acids is 2. The maximum Gasteiger partial charge on any atom is 0.276 e. The van der Waals surface area contributed by atoms with Crippen molar-refractivity contribution in [2.75, 3.05) is 20.2 Å². The van der Waals surface area contributed by atoms with Crippen LogP contribution in [0.25, 0.3) is 0 Å². The molecule has 5 rings (SSSR count). The van der Waals surface area contributed by atoms with E-state index in [1.165, 1.54) is 5.56 Å². The highest BCUT2D eigenvalue weighted by atomic mass is 16.5. The van der Waals surface area contributed by atoms with Crippen LogP contribution in [0.1, 0.15) is 51.8 Å². The summed E-state index contributed by atoms with van der Waals surface area (Å²) in [6.45, 7) is 4.28. The number of nitrogens with one attached hydrogen (secondary N) is 1. The SMILES string of the molecule is COc1ccccc1CNC(=O)C1CCN(C(=O)c2nnn3c2COC(c2ccc(C)cc2)C3)CC1. The van der Waals surface area contributed by atoms with Crippen molar-refractivity contribution in [2.45, 2.75) is 45.6 Å². The third kappa shape index (κ3) is 4.97. The molecule has 0 spiro atoms. The van der Waals surface area contributed by atoms with Gasteiger partial charge in [0.2, 0.25) is 5.91 Å². The van der Waals surface area contributed by atoms with E-state index in [0.29, 0.717) is 50.4 Å². The van der Waals surface area contributed by atoms with E-state index in [-0.39, 0.29) is 30.4 Å². The third-order valence-electron chi connectivity index (χ3n) is 7.05. The van der Waals surface area contributed by atoms with Gasteiger partial charge in [-0.05, 0) is 31.4 Å². The predicted octanol–water partition coefficient (Wildman–Crippen LogP) is 3.04. The molecule has 3 heterocycles. The minimum absolute atomic E-state index is 0.00425. The fraction of sp³-hybridized carbons (Fsp3) is 0.407. The lowest BCUT2D eigenvalue weighted by Crippen LogP contribution is -2.43. The minimum atomic E-state index is -0.151. The monoisotopic (exact) mass is 489 g/mol. The molecular weight excluding hydrogens is 458 g/mol. The molecule has 3 aromatic rings. The van der Waals surface area contributed by atoms with E-state index < -0.39 is 0 Å². The summed E-state index contributed by atoms with van der Waals surface area (Å²) in [5, 5.41) is 11.5. The Morgan fingerprint density at radius 2 is 1.86 bits per heavy atom. The van der Waals surface area contributed by atoms with Gasteiger partial charge in [0.25, 0.3) is 5.91 Å². The molecule has 2 aliphatic rings. The van der Waals surface area contributed by atoms with Gasteiger partial charge in [-0.3, -0.25) is 9.59 Å². The zero-order chi connectivity index (χ0) is 25.1. The zero-order valence-electron chi connectivity index (χ0n) is 20.6. The predicted molar refractivity (Wildman–Crippen MR) is 132 cm³/mol. The second-order valence-corrected chi connectivity index (χ2v) is 9.37. The molecule has 1 N–H and O–H groups in total. The van der Waals surface area contributed by atoms with Crippen molar-refractivity contribution in [3.05, 3.63) is 76.6 Å². The number of ether oxygens (including phenoxy) is 2. The Kier molecular flexibility index (Phi) is 6.99. The fourth-order valence-electron chi connectivity index (χ4n) is 4.83. The molecule has 0 saturated carbocycles. The summed E-state index contributed by atoms with van der Waals surface area (Å²) in [5.74, 6) is 0.479. The molecule has 9 nitrogen and oxygen atoms in total. The molecule has 9 heteroatoms. The molecule has 1 unspecified atom stereocenters. The van der Waals surface area contributed by atoms with E-state index in [9.17, 15) is 9.59 Å². The number of carbonyl (C=O) groups is 2. The summed E-state index contributed by atoms with van der Waals surface area (Å²) in [6, 6.07) is 15.9. The van der Waals surface area contributed by atoms with Crippen molar-refractivity contribution < 1.29 is 19.1 Å². The summed E-state index contributed by atoms with van der Waals surface area (Å²) in [6.07, 6.45) is 1.10. The lowest BCUT2D eigenvalue weighted by atomic mass is 9.95. The van der Waals surface area contributed by atoms with Gasteiger partial charge in [-0.2, -0.15) is 0 Å². The van der Waals surface area contributed by atoms with Gasteiger partial charge in [0.1, 0.15) is 11.9 Å². The number of methoxy groups -OCH3 is 1. The van der Waals surface area contributed by atoms with Crippen LogP contribution >= 0.6 is 0 Å². The molecule has 0 aliphatic carbocycles. The maximum absolute atomic E-state index is 13.2. The number of rotatable bonds is 6. The Morgan fingerprint density at radius 3 is 2.61 bits per heavy atom. The van der Waals surface area contributed by atoms with E-state index in [1.807, 2.05) is 24.3 Å². The van der Waals surface area contributed by atoms with Crippen LogP contribution in [-0.4, -0.2) is 51.9 Å². The molecule has 0 bridgehead atoms. The number of hydrogen-bond donors (Lipinski definition) is 1. The normalized spacial score (nSPS) is 17.9. The second kappa shape index (κ2) is 10.5. The van der Waals surface area contributed by atoms with E-state index in [1.54, 1.807) is 16.7 Å². The number of para-hydroxylation sites is 1. The summed E-state index contributed by atoms with van der Waals surface area (Å²) in [4.78, 5) is 27.7. The van der Waals surface area contributed by atoms with Crippen LogP contribution in [0.2, 0.25) is 0 Å². The van der Waals surface area contributed by atoms with E-state index in [2.05, 4.69) is 46.8 Å². The summed E-state index contributed by atoms with van der Waals surface area (Å²) < 4.78 is 13.2. The number of hydrogen-bond acceptors (Lipinski definition) is 6. The number of likely N-dealkylation sites (tertiary alicyclic amines) is 1. The van der Waals surface area contributed by atoms with Crippen LogP contribution in [-0.2, 0) is 29.2 Å². The Balaban J connectivity index is 1.15. The number of benzene rings is 2. The van der Waals surface area contributed by atoms with Crippen LogP contribution in [0.4, 0.5) is 0 Å². The Hall–Kier alpha value is -3.72. The fourth-order valence-corrected chi connectivity index (χ4v) is 4.83. The van der Waals surface area contributed by atoms with Crippen LogP contribution in [0.3, 0.4) is 0 Å². The molecule has 1 atom stereocenters. The van der Waals surface area contributed by atoms with Crippen LogP contribution in [0, 0.1) is 12.8 Å². The molecule has 1 saturated heterocycles. The smallest absolute Gasteiger partial charge is 0.276 e. The first-order valence-electron chi connectivity index (χ1n) is 12.3. The van der Waals surface area contributed by atoms with E-state index in [0.717, 1.165) is 16.9 Å². The number of piperidine rings is 1. The van der Waals surface area contributed by atoms with Crippen LogP contribution in [0.15, 0.2) is 48.5 Å². The molecule has 2 aromatic carbocycles. The number of amides is 2. The highest BCUT2D eigenvalue weighted by Crippen LogP contribution is 2.28. The first-order valence-corrected chi connectivity index (χ1v) is 12.3. The molecule has 2 amide bonds. The molecule has 1 fully saturated rings. The average Bonchev–Trinajstić information content (AvgIpc) is 3.35. The van der Waals surface area contributed by atoms with Crippen molar-refractivity contribution in [1.29, 1.82) is 0 Å². The Labute approximate surface area is 210 Å². The number of aryl methyl sites for hydroxylation is 1. The highest BCUT2D eigenvalue weighted by molar-refractivity contribution is 5.93. The first kappa shape index (κ1) is 24.0. The van der Waals surface area contributed by atoms with Gasteiger partial charge in [-0.15, -0.1) is 5.10 Å². The highest BCUT2D eigenvalue weighted by Gasteiger charge is 2.33. The number of aromatic nitrogens is 3. The Morgan fingerprint density at radius 1 is 1.11 bits per heavy atom. The first-order chi connectivity index (χ1) is 17.5. The van der Waals surface area contributed by atoms with Gasteiger partial charge in [0, 0.05) is 31.1 Å². The van der Waals surface area contributed by atoms with Gasteiger partial charge in [-0.25, -0.2) is 4.68 Å². The lowest BCUT2D eigenvalue weighted by Gasteiger charge is -2.31. The van der Waals surface area contributed by atoms with Crippen molar-refractivity contribution in [3.63, 3.8) is 0 Å². The average molecular weight is 490 g/mol. The summed E-state index contributed by atoms with van der Waals surface area (Å²) in [7, 11) is 1.62. The van der Waals surface area contributed by atoms with Crippen molar-refractivity contribution in [3.8, 4) is 5.75 Å². The molecule has 1 aromatic heterocycles. The van der Waals surface area contributed by atoms with Crippen LogP contribution < -0.4 is 10.1 Å².